The van der Waals surface area contributed by atoms with Gasteiger partial charge in [-0.3, -0.25) is 9.48 Å². The van der Waals surface area contributed by atoms with Crippen LogP contribution in [0.3, 0.4) is 0 Å². The van der Waals surface area contributed by atoms with E-state index in [-0.39, 0.29) is 5.91 Å². The van der Waals surface area contributed by atoms with Crippen LogP contribution in [-0.4, -0.2) is 27.6 Å². The van der Waals surface area contributed by atoms with E-state index in [9.17, 15) is 4.79 Å². The van der Waals surface area contributed by atoms with Crippen molar-refractivity contribution in [2.45, 2.75) is 13.1 Å². The summed E-state index contributed by atoms with van der Waals surface area (Å²) in [5.74, 6) is 0.0119. The van der Waals surface area contributed by atoms with E-state index in [1.807, 2.05) is 90.0 Å². The molecule has 1 amide bonds. The van der Waals surface area contributed by atoms with Gasteiger partial charge in [-0.2, -0.15) is 5.10 Å². The topological polar surface area (TPSA) is 38.1 Å². The zero-order valence-electron chi connectivity index (χ0n) is 16.0. The average molecular weight is 422 g/mol. The second kappa shape index (κ2) is 8.64. The van der Waals surface area contributed by atoms with Crippen LogP contribution in [0.5, 0.6) is 0 Å². The Kier molecular flexibility index (Phi) is 5.79. The lowest BCUT2D eigenvalue weighted by atomic mass is 10.1. The summed E-state index contributed by atoms with van der Waals surface area (Å²) >= 11 is 7.78. The molecule has 0 N–H and O–H groups in total. The van der Waals surface area contributed by atoms with Crippen molar-refractivity contribution in [3.63, 3.8) is 0 Å². The van der Waals surface area contributed by atoms with Gasteiger partial charge in [0.1, 0.15) is 0 Å². The molecule has 0 radical (unpaired) electrons. The molecular weight excluding hydrogens is 402 g/mol. The predicted molar refractivity (Wildman–Crippen MR) is 118 cm³/mol. The Balaban J connectivity index is 1.65. The van der Waals surface area contributed by atoms with Gasteiger partial charge in [0.05, 0.1) is 17.1 Å². The Morgan fingerprint density at radius 2 is 1.79 bits per heavy atom. The minimum Gasteiger partial charge on any atom is -0.337 e. The van der Waals surface area contributed by atoms with Crippen LogP contribution < -0.4 is 0 Å². The Bertz CT molecular complexity index is 1110. The molecule has 4 nitrogen and oxygen atoms in total. The van der Waals surface area contributed by atoms with E-state index in [0.29, 0.717) is 13.1 Å². The number of nitrogens with zero attached hydrogens (tertiary/aromatic N) is 3. The lowest BCUT2D eigenvalue weighted by Crippen LogP contribution is -2.25. The van der Waals surface area contributed by atoms with Crippen LogP contribution in [0.1, 0.15) is 20.8 Å². The van der Waals surface area contributed by atoms with Crippen molar-refractivity contribution in [3.8, 4) is 11.3 Å². The van der Waals surface area contributed by atoms with Gasteiger partial charge in [-0.25, -0.2) is 0 Å². The molecule has 0 atom stereocenters. The minimum atomic E-state index is 0.0119. The maximum absolute atomic E-state index is 12.7. The Labute approximate surface area is 179 Å². The summed E-state index contributed by atoms with van der Waals surface area (Å²) in [6, 6.07) is 21.5. The van der Waals surface area contributed by atoms with Crippen LogP contribution in [0.15, 0.2) is 78.3 Å². The fraction of sp³-hybridized carbons (Fsp3) is 0.130. The van der Waals surface area contributed by atoms with Crippen molar-refractivity contribution in [2.75, 3.05) is 7.05 Å². The molecule has 146 valence electrons. The molecule has 0 saturated heterocycles. The second-order valence-electron chi connectivity index (χ2n) is 6.80. The van der Waals surface area contributed by atoms with E-state index >= 15 is 0 Å². The van der Waals surface area contributed by atoms with Crippen LogP contribution >= 0.6 is 22.9 Å². The van der Waals surface area contributed by atoms with Crippen LogP contribution in [0.25, 0.3) is 11.3 Å². The number of carbonyl (C=O) groups excluding carboxylic acids is 1. The molecule has 0 fully saturated rings. The van der Waals surface area contributed by atoms with Crippen molar-refractivity contribution in [2.24, 2.45) is 0 Å². The number of rotatable bonds is 6. The molecule has 0 aliphatic carbocycles. The minimum absolute atomic E-state index is 0.0119. The number of carbonyl (C=O) groups is 1. The van der Waals surface area contributed by atoms with E-state index in [0.717, 1.165) is 32.3 Å². The third kappa shape index (κ3) is 4.42. The third-order valence-corrected chi connectivity index (χ3v) is 5.89. The van der Waals surface area contributed by atoms with Crippen LogP contribution in [0.2, 0.25) is 5.02 Å². The van der Waals surface area contributed by atoms with Crippen molar-refractivity contribution < 1.29 is 4.79 Å². The zero-order chi connectivity index (χ0) is 20.2. The number of amides is 1. The number of aromatic nitrogens is 2. The molecule has 0 bridgehead atoms. The number of hydrogen-bond donors (Lipinski definition) is 0. The monoisotopic (exact) mass is 421 g/mol. The third-order valence-electron chi connectivity index (χ3n) is 4.66. The highest BCUT2D eigenvalue weighted by molar-refractivity contribution is 7.12. The lowest BCUT2D eigenvalue weighted by Gasteiger charge is -2.16. The summed E-state index contributed by atoms with van der Waals surface area (Å²) in [6.45, 7) is 1.05. The maximum atomic E-state index is 12.7. The van der Waals surface area contributed by atoms with E-state index in [4.69, 9.17) is 16.7 Å². The second-order valence-corrected chi connectivity index (χ2v) is 8.15. The first-order chi connectivity index (χ1) is 14.1. The summed E-state index contributed by atoms with van der Waals surface area (Å²) in [7, 11) is 1.82. The zero-order valence-corrected chi connectivity index (χ0v) is 17.5. The van der Waals surface area contributed by atoms with Crippen LogP contribution in [0, 0.1) is 0 Å². The standard InChI is InChI=1S/C23H20ClN3OS/c1-26(23(28)21-12-7-13-29-21)14-19-16-27(15-18-10-5-6-11-20(18)24)25-22(19)17-8-3-2-4-9-17/h2-13,16H,14-15H2,1H3. The molecule has 0 saturated carbocycles. The largest absolute Gasteiger partial charge is 0.337 e. The molecule has 2 heterocycles. The SMILES string of the molecule is CN(Cc1cn(Cc2ccccc2Cl)nc1-c1ccccc1)C(=O)c1cccs1. The van der Waals surface area contributed by atoms with Gasteiger partial charge in [0.15, 0.2) is 0 Å². The number of halogens is 1. The Hall–Kier alpha value is -2.89. The molecule has 0 unspecified atom stereocenters. The molecule has 0 aliphatic rings. The highest BCUT2D eigenvalue weighted by Gasteiger charge is 2.18. The lowest BCUT2D eigenvalue weighted by molar-refractivity contribution is 0.0790. The summed E-state index contributed by atoms with van der Waals surface area (Å²) < 4.78 is 1.89. The highest BCUT2D eigenvalue weighted by Crippen LogP contribution is 2.25. The molecule has 0 aliphatic heterocycles. The quantitative estimate of drug-likeness (QED) is 0.407. The van der Waals surface area contributed by atoms with Crippen molar-refractivity contribution in [3.05, 3.63) is 99.3 Å². The molecule has 4 aromatic rings. The first-order valence-electron chi connectivity index (χ1n) is 9.26. The molecule has 29 heavy (non-hydrogen) atoms. The predicted octanol–water partition coefficient (Wildman–Crippen LogP) is 5.59. The number of thiophene rings is 1. The van der Waals surface area contributed by atoms with Crippen molar-refractivity contribution in [1.82, 2.24) is 14.7 Å². The van der Waals surface area contributed by atoms with E-state index in [2.05, 4.69) is 0 Å². The van der Waals surface area contributed by atoms with Gasteiger partial charge in [-0.05, 0) is 23.1 Å². The molecule has 0 spiro atoms. The van der Waals surface area contributed by atoms with Gasteiger partial charge in [-0.15, -0.1) is 11.3 Å². The van der Waals surface area contributed by atoms with Crippen LogP contribution in [0.4, 0.5) is 0 Å². The fourth-order valence-electron chi connectivity index (χ4n) is 3.22. The van der Waals surface area contributed by atoms with Crippen molar-refractivity contribution >= 4 is 28.8 Å². The molecule has 2 aromatic carbocycles. The van der Waals surface area contributed by atoms with Gasteiger partial charge < -0.3 is 4.90 Å². The average Bonchev–Trinajstić information content (AvgIpc) is 3.40. The number of hydrogen-bond acceptors (Lipinski definition) is 3. The first-order valence-corrected chi connectivity index (χ1v) is 10.5. The van der Waals surface area contributed by atoms with E-state index in [1.165, 1.54) is 11.3 Å². The highest BCUT2D eigenvalue weighted by atomic mass is 35.5. The van der Waals surface area contributed by atoms with E-state index in [1.54, 1.807) is 4.90 Å². The van der Waals surface area contributed by atoms with Gasteiger partial charge in [0.25, 0.3) is 5.91 Å². The van der Waals surface area contributed by atoms with Crippen LogP contribution in [-0.2, 0) is 13.1 Å². The van der Waals surface area contributed by atoms with Crippen molar-refractivity contribution in [1.29, 1.82) is 0 Å². The maximum Gasteiger partial charge on any atom is 0.263 e. The van der Waals surface area contributed by atoms with Gasteiger partial charge in [0.2, 0.25) is 0 Å². The van der Waals surface area contributed by atoms with Gasteiger partial charge in [-0.1, -0.05) is 66.2 Å². The summed E-state index contributed by atoms with van der Waals surface area (Å²) in [5, 5.41) is 7.45. The first kappa shape index (κ1) is 19.4. The summed E-state index contributed by atoms with van der Waals surface area (Å²) in [4.78, 5) is 15.2. The smallest absolute Gasteiger partial charge is 0.263 e. The summed E-state index contributed by atoms with van der Waals surface area (Å²) in [5.41, 5.74) is 3.90. The molecule has 4 rings (SSSR count). The van der Waals surface area contributed by atoms with E-state index < -0.39 is 0 Å². The Morgan fingerprint density at radius 3 is 2.52 bits per heavy atom. The fourth-order valence-corrected chi connectivity index (χ4v) is 4.13. The van der Waals surface area contributed by atoms with Gasteiger partial charge >= 0.3 is 0 Å². The Morgan fingerprint density at radius 1 is 1.03 bits per heavy atom. The van der Waals surface area contributed by atoms with Gasteiger partial charge in [0, 0.05) is 35.9 Å². The number of benzene rings is 2. The normalized spacial score (nSPS) is 10.8. The molecular formula is C23H20ClN3OS. The molecule has 2 aromatic heterocycles. The summed E-state index contributed by atoms with van der Waals surface area (Å²) in [6.07, 6.45) is 2.00. The molecule has 6 heteroatoms.